The van der Waals surface area contributed by atoms with Gasteiger partial charge in [-0.2, -0.15) is 10.4 Å². The Hall–Kier alpha value is -3.65. The zero-order valence-electron chi connectivity index (χ0n) is 13.4. The van der Waals surface area contributed by atoms with Gasteiger partial charge in [0, 0.05) is 24.5 Å². The van der Waals surface area contributed by atoms with E-state index in [1.54, 1.807) is 16.9 Å². The molecule has 0 aliphatic carbocycles. The Morgan fingerprint density at radius 3 is 2.68 bits per heavy atom. The number of benzene rings is 1. The Bertz CT molecular complexity index is 1050. The Morgan fingerprint density at radius 1 is 1.04 bits per heavy atom. The van der Waals surface area contributed by atoms with Gasteiger partial charge >= 0.3 is 0 Å². The van der Waals surface area contributed by atoms with Crippen LogP contribution in [0.15, 0.2) is 73.2 Å². The third kappa shape index (κ3) is 2.81. The summed E-state index contributed by atoms with van der Waals surface area (Å²) >= 11 is 0. The molecule has 0 aliphatic heterocycles. The summed E-state index contributed by atoms with van der Waals surface area (Å²) in [6.45, 7) is 0.628. The van der Waals surface area contributed by atoms with Crippen LogP contribution in [-0.2, 0) is 6.54 Å². The van der Waals surface area contributed by atoms with Gasteiger partial charge in [-0.1, -0.05) is 36.4 Å². The molecule has 0 spiro atoms. The van der Waals surface area contributed by atoms with Crippen molar-refractivity contribution in [2.75, 3.05) is 5.32 Å². The number of nitrogens with zero attached hydrogens (tertiary/aromatic N) is 4. The quantitative estimate of drug-likeness (QED) is 0.618. The number of rotatable bonds is 4. The van der Waals surface area contributed by atoms with Crippen LogP contribution in [0.3, 0.4) is 0 Å². The molecular weight excluding hydrogens is 310 g/mol. The fraction of sp³-hybridized carbons (Fsp3) is 0.0500. The number of pyridine rings is 2. The first-order valence-electron chi connectivity index (χ1n) is 7.96. The minimum Gasteiger partial charge on any atom is -0.366 e. The van der Waals surface area contributed by atoms with E-state index in [2.05, 4.69) is 21.5 Å². The van der Waals surface area contributed by atoms with Gasteiger partial charge in [0.1, 0.15) is 11.9 Å². The van der Waals surface area contributed by atoms with Crippen molar-refractivity contribution in [3.63, 3.8) is 0 Å². The van der Waals surface area contributed by atoms with Gasteiger partial charge in [-0.05, 0) is 29.3 Å². The Kier molecular flexibility index (Phi) is 3.85. The second kappa shape index (κ2) is 6.46. The molecule has 0 unspecified atom stereocenters. The zero-order valence-corrected chi connectivity index (χ0v) is 13.4. The molecule has 3 aromatic heterocycles. The SMILES string of the molecule is N#Cc1c(-c2ccccc2)cc(NCc2cccnc2)n2nccc12. The number of nitriles is 1. The van der Waals surface area contributed by atoms with Gasteiger partial charge in [-0.25, -0.2) is 4.52 Å². The highest BCUT2D eigenvalue weighted by Crippen LogP contribution is 2.30. The van der Waals surface area contributed by atoms with Crippen LogP contribution < -0.4 is 5.32 Å². The Morgan fingerprint density at radius 2 is 1.92 bits per heavy atom. The third-order valence-corrected chi connectivity index (χ3v) is 4.07. The highest BCUT2D eigenvalue weighted by atomic mass is 15.3. The lowest BCUT2D eigenvalue weighted by Crippen LogP contribution is -2.07. The predicted octanol–water partition coefficient (Wildman–Crippen LogP) is 3.88. The Balaban J connectivity index is 1.82. The molecule has 5 heteroatoms. The summed E-state index contributed by atoms with van der Waals surface area (Å²) in [5.41, 5.74) is 4.39. The molecule has 5 nitrogen and oxygen atoms in total. The summed E-state index contributed by atoms with van der Waals surface area (Å²) in [5, 5.41) is 17.4. The zero-order chi connectivity index (χ0) is 17.1. The number of hydrogen-bond donors (Lipinski definition) is 1. The van der Waals surface area contributed by atoms with Gasteiger partial charge in [0.25, 0.3) is 0 Å². The molecule has 0 saturated carbocycles. The number of anilines is 1. The van der Waals surface area contributed by atoms with Gasteiger partial charge in [0.15, 0.2) is 0 Å². The highest BCUT2D eigenvalue weighted by Gasteiger charge is 2.14. The molecular formula is C20H15N5. The lowest BCUT2D eigenvalue weighted by molar-refractivity contribution is 0.941. The van der Waals surface area contributed by atoms with Crippen molar-refractivity contribution in [1.29, 1.82) is 5.26 Å². The van der Waals surface area contributed by atoms with E-state index in [-0.39, 0.29) is 0 Å². The molecule has 0 aliphatic rings. The van der Waals surface area contributed by atoms with E-state index in [0.717, 1.165) is 28.0 Å². The standard InChI is InChI=1S/C20H15N5/c21-12-18-17(16-6-2-1-3-7-16)11-20(25-19(18)8-10-24-25)23-14-15-5-4-9-22-13-15/h1-11,13,23H,14H2. The lowest BCUT2D eigenvalue weighted by Gasteiger charge is -2.13. The van der Waals surface area contributed by atoms with E-state index in [9.17, 15) is 5.26 Å². The van der Waals surface area contributed by atoms with Crippen molar-refractivity contribution in [3.8, 4) is 17.2 Å². The second-order valence-corrected chi connectivity index (χ2v) is 5.64. The van der Waals surface area contributed by atoms with Crippen LogP contribution in [0.25, 0.3) is 16.6 Å². The number of fused-ring (bicyclic) bond motifs is 1. The minimum atomic E-state index is 0.621. The number of nitrogens with one attached hydrogen (secondary N) is 1. The fourth-order valence-electron chi connectivity index (χ4n) is 2.88. The van der Waals surface area contributed by atoms with Crippen LogP contribution in [0, 0.1) is 11.3 Å². The molecule has 1 N–H and O–H groups in total. The summed E-state index contributed by atoms with van der Waals surface area (Å²) in [5.74, 6) is 0.835. The second-order valence-electron chi connectivity index (χ2n) is 5.64. The van der Waals surface area contributed by atoms with Crippen LogP contribution in [0.2, 0.25) is 0 Å². The first kappa shape index (κ1) is 14.9. The van der Waals surface area contributed by atoms with Crippen LogP contribution in [0.5, 0.6) is 0 Å². The van der Waals surface area contributed by atoms with Gasteiger partial charge in [0.05, 0.1) is 17.3 Å². The topological polar surface area (TPSA) is 66.0 Å². The maximum Gasteiger partial charge on any atom is 0.129 e. The summed E-state index contributed by atoms with van der Waals surface area (Å²) in [7, 11) is 0. The molecule has 0 atom stereocenters. The number of hydrogen-bond acceptors (Lipinski definition) is 4. The van der Waals surface area contributed by atoms with Gasteiger partial charge in [-0.3, -0.25) is 4.98 Å². The molecule has 4 aromatic rings. The molecule has 0 bridgehead atoms. The Labute approximate surface area is 145 Å². The maximum absolute atomic E-state index is 9.68. The molecule has 0 saturated heterocycles. The summed E-state index contributed by atoms with van der Waals surface area (Å²) in [4.78, 5) is 4.14. The van der Waals surface area contributed by atoms with Crippen molar-refractivity contribution in [2.45, 2.75) is 6.54 Å². The van der Waals surface area contributed by atoms with Crippen LogP contribution in [-0.4, -0.2) is 14.6 Å². The summed E-state index contributed by atoms with van der Waals surface area (Å²) in [6, 6.07) is 20.0. The van der Waals surface area contributed by atoms with Crippen molar-refractivity contribution >= 4 is 11.3 Å². The average Bonchev–Trinajstić information content (AvgIpc) is 3.17. The van der Waals surface area contributed by atoms with Crippen molar-refractivity contribution < 1.29 is 0 Å². The van der Waals surface area contributed by atoms with E-state index >= 15 is 0 Å². The van der Waals surface area contributed by atoms with Crippen molar-refractivity contribution in [3.05, 3.63) is 84.3 Å². The van der Waals surface area contributed by atoms with Crippen LogP contribution in [0.4, 0.5) is 5.82 Å². The monoisotopic (exact) mass is 325 g/mol. The molecule has 4 rings (SSSR count). The lowest BCUT2D eigenvalue weighted by atomic mass is 10.0. The largest absolute Gasteiger partial charge is 0.366 e. The van der Waals surface area contributed by atoms with Gasteiger partial charge in [0.2, 0.25) is 0 Å². The summed E-state index contributed by atoms with van der Waals surface area (Å²) < 4.78 is 1.77. The first-order chi connectivity index (χ1) is 12.4. The maximum atomic E-state index is 9.68. The molecule has 0 fully saturated rings. The smallest absolute Gasteiger partial charge is 0.129 e. The van der Waals surface area contributed by atoms with E-state index in [4.69, 9.17) is 0 Å². The van der Waals surface area contributed by atoms with E-state index in [0.29, 0.717) is 12.1 Å². The highest BCUT2D eigenvalue weighted by molar-refractivity contribution is 5.82. The molecule has 0 radical (unpaired) electrons. The van der Waals surface area contributed by atoms with E-state index in [1.807, 2.05) is 60.8 Å². The van der Waals surface area contributed by atoms with Crippen molar-refractivity contribution in [2.24, 2.45) is 0 Å². The fourth-order valence-corrected chi connectivity index (χ4v) is 2.88. The predicted molar refractivity (Wildman–Crippen MR) is 96.9 cm³/mol. The van der Waals surface area contributed by atoms with E-state index in [1.165, 1.54) is 0 Å². The van der Waals surface area contributed by atoms with Crippen molar-refractivity contribution in [1.82, 2.24) is 14.6 Å². The van der Waals surface area contributed by atoms with Crippen LogP contribution >= 0.6 is 0 Å². The van der Waals surface area contributed by atoms with Gasteiger partial charge < -0.3 is 5.32 Å². The first-order valence-corrected chi connectivity index (χ1v) is 7.96. The number of aromatic nitrogens is 3. The van der Waals surface area contributed by atoms with E-state index < -0.39 is 0 Å². The third-order valence-electron chi connectivity index (χ3n) is 4.07. The average molecular weight is 325 g/mol. The molecule has 120 valence electrons. The van der Waals surface area contributed by atoms with Gasteiger partial charge in [-0.15, -0.1) is 0 Å². The molecule has 25 heavy (non-hydrogen) atoms. The normalized spacial score (nSPS) is 10.5. The van der Waals surface area contributed by atoms with Crippen LogP contribution in [0.1, 0.15) is 11.1 Å². The molecule has 3 heterocycles. The molecule has 1 aromatic carbocycles. The molecule has 0 amide bonds. The minimum absolute atomic E-state index is 0.621. The summed E-state index contributed by atoms with van der Waals surface area (Å²) in [6.07, 6.45) is 5.29.